The number of benzene rings is 1. The highest BCUT2D eigenvalue weighted by molar-refractivity contribution is 6.33. The number of hydrogen-bond donors (Lipinski definition) is 1. The van der Waals surface area contributed by atoms with Crippen LogP contribution in [-0.2, 0) is 15.8 Å². The van der Waals surface area contributed by atoms with Crippen molar-refractivity contribution >= 4 is 23.4 Å². The maximum atomic E-state index is 12.9. The number of alkyl halides is 3. The van der Waals surface area contributed by atoms with Crippen molar-refractivity contribution in [2.24, 2.45) is 5.73 Å². The van der Waals surface area contributed by atoms with E-state index >= 15 is 0 Å². The number of carbonyl (C=O) groups is 3. The number of primary amides is 1. The molecule has 0 radical (unpaired) electrons. The van der Waals surface area contributed by atoms with E-state index in [0.717, 1.165) is 29.9 Å². The van der Waals surface area contributed by atoms with Crippen molar-refractivity contribution in [3.05, 3.63) is 40.5 Å². The highest BCUT2D eigenvalue weighted by Crippen LogP contribution is 2.38. The third-order valence-electron chi connectivity index (χ3n) is 4.22. The first-order chi connectivity index (χ1) is 11.2. The summed E-state index contributed by atoms with van der Waals surface area (Å²) in [5, 5.41) is 0. The van der Waals surface area contributed by atoms with Crippen LogP contribution in [0, 0.1) is 0 Å². The van der Waals surface area contributed by atoms with E-state index in [1.54, 1.807) is 0 Å². The fourth-order valence-corrected chi connectivity index (χ4v) is 3.10. The summed E-state index contributed by atoms with van der Waals surface area (Å²) in [7, 11) is 0. The molecule has 1 heterocycles. The number of amides is 3. The van der Waals surface area contributed by atoms with Gasteiger partial charge in [-0.2, -0.15) is 13.2 Å². The second kappa shape index (κ2) is 5.47. The molecule has 0 saturated carbocycles. The van der Waals surface area contributed by atoms with Crippen LogP contribution in [0.4, 0.5) is 18.9 Å². The molecule has 8 heteroatoms. The van der Waals surface area contributed by atoms with Crippen molar-refractivity contribution in [1.82, 2.24) is 0 Å². The second-order valence-electron chi connectivity index (χ2n) is 5.70. The molecule has 1 aromatic rings. The maximum Gasteiger partial charge on any atom is 0.417 e. The van der Waals surface area contributed by atoms with E-state index in [0.29, 0.717) is 30.1 Å². The number of hydrogen-bond acceptors (Lipinski definition) is 3. The van der Waals surface area contributed by atoms with Gasteiger partial charge in [-0.3, -0.25) is 14.4 Å². The van der Waals surface area contributed by atoms with Gasteiger partial charge in [0.2, 0.25) is 5.91 Å². The van der Waals surface area contributed by atoms with Gasteiger partial charge >= 0.3 is 6.18 Å². The molecule has 3 amide bonds. The van der Waals surface area contributed by atoms with Gasteiger partial charge in [0.15, 0.2) is 0 Å². The Morgan fingerprint density at radius 3 is 2.04 bits per heavy atom. The Labute approximate surface area is 134 Å². The summed E-state index contributed by atoms with van der Waals surface area (Å²) in [5.41, 5.74) is 3.79. The number of halogens is 3. The molecule has 2 N–H and O–H groups in total. The molecule has 2 aliphatic rings. The minimum Gasteiger partial charge on any atom is -0.366 e. The van der Waals surface area contributed by atoms with Crippen LogP contribution in [0.5, 0.6) is 0 Å². The fraction of sp³-hybridized carbons (Fsp3) is 0.312. The van der Waals surface area contributed by atoms with E-state index in [2.05, 4.69) is 0 Å². The van der Waals surface area contributed by atoms with Gasteiger partial charge in [0.1, 0.15) is 0 Å². The molecular weight excluding hydrogens is 325 g/mol. The first-order valence-corrected chi connectivity index (χ1v) is 7.33. The van der Waals surface area contributed by atoms with Crippen molar-refractivity contribution in [2.45, 2.75) is 31.9 Å². The number of carbonyl (C=O) groups excluding carboxylic acids is 3. The Hall–Kier alpha value is -2.64. The molecule has 0 unspecified atom stereocenters. The first-order valence-electron chi connectivity index (χ1n) is 7.33. The molecule has 0 spiro atoms. The predicted molar refractivity (Wildman–Crippen MR) is 77.9 cm³/mol. The van der Waals surface area contributed by atoms with Crippen molar-refractivity contribution in [3.63, 3.8) is 0 Å². The monoisotopic (exact) mass is 338 g/mol. The van der Waals surface area contributed by atoms with Crippen LogP contribution in [0.1, 0.15) is 41.6 Å². The second-order valence-corrected chi connectivity index (χ2v) is 5.70. The molecule has 0 atom stereocenters. The van der Waals surface area contributed by atoms with Gasteiger partial charge in [0, 0.05) is 11.1 Å². The zero-order chi connectivity index (χ0) is 17.6. The van der Waals surface area contributed by atoms with E-state index in [1.807, 2.05) is 0 Å². The highest BCUT2D eigenvalue weighted by atomic mass is 19.4. The van der Waals surface area contributed by atoms with Gasteiger partial charge in [-0.25, -0.2) is 4.90 Å². The summed E-state index contributed by atoms with van der Waals surface area (Å²) in [5.74, 6) is -2.35. The topological polar surface area (TPSA) is 80.5 Å². The van der Waals surface area contributed by atoms with Crippen LogP contribution in [0.3, 0.4) is 0 Å². The quantitative estimate of drug-likeness (QED) is 0.842. The average Bonchev–Trinajstić information content (AvgIpc) is 2.78. The smallest absolute Gasteiger partial charge is 0.366 e. The molecule has 0 saturated heterocycles. The third-order valence-corrected chi connectivity index (χ3v) is 4.22. The third kappa shape index (κ3) is 2.47. The molecule has 0 bridgehead atoms. The Balaban J connectivity index is 2.05. The number of imide groups is 1. The van der Waals surface area contributed by atoms with E-state index in [-0.39, 0.29) is 5.69 Å². The van der Waals surface area contributed by atoms with E-state index in [9.17, 15) is 27.6 Å². The minimum atomic E-state index is -4.76. The molecule has 3 rings (SSSR count). The fourth-order valence-electron chi connectivity index (χ4n) is 3.10. The molecule has 0 aromatic heterocycles. The van der Waals surface area contributed by atoms with E-state index < -0.39 is 35.0 Å². The van der Waals surface area contributed by atoms with Crippen molar-refractivity contribution in [2.75, 3.05) is 4.90 Å². The maximum absolute atomic E-state index is 12.9. The largest absolute Gasteiger partial charge is 0.417 e. The van der Waals surface area contributed by atoms with Crippen molar-refractivity contribution in [1.29, 1.82) is 0 Å². The van der Waals surface area contributed by atoms with E-state index in [4.69, 9.17) is 5.73 Å². The Bertz CT molecular complexity index is 768. The van der Waals surface area contributed by atoms with Crippen LogP contribution >= 0.6 is 0 Å². The van der Waals surface area contributed by atoms with E-state index in [1.165, 1.54) is 0 Å². The van der Waals surface area contributed by atoms with Gasteiger partial charge in [-0.15, -0.1) is 0 Å². The Morgan fingerprint density at radius 2 is 1.58 bits per heavy atom. The Kier molecular flexibility index (Phi) is 3.70. The molecule has 24 heavy (non-hydrogen) atoms. The molecular formula is C16H13F3N2O3. The lowest BCUT2D eigenvalue weighted by Gasteiger charge is -2.18. The normalized spacial score (nSPS) is 18.2. The summed E-state index contributed by atoms with van der Waals surface area (Å²) < 4.78 is 38.8. The summed E-state index contributed by atoms with van der Waals surface area (Å²) in [6.45, 7) is 0. The highest BCUT2D eigenvalue weighted by Gasteiger charge is 2.41. The summed E-state index contributed by atoms with van der Waals surface area (Å²) in [4.78, 5) is 37.0. The molecule has 5 nitrogen and oxygen atoms in total. The lowest BCUT2D eigenvalue weighted by molar-refractivity contribution is -0.137. The molecule has 1 aliphatic carbocycles. The van der Waals surface area contributed by atoms with Crippen molar-refractivity contribution < 1.29 is 27.6 Å². The number of nitrogens with two attached hydrogens (primary N) is 1. The van der Waals surface area contributed by atoms with Gasteiger partial charge in [0.25, 0.3) is 11.8 Å². The van der Waals surface area contributed by atoms with Gasteiger partial charge < -0.3 is 5.73 Å². The summed E-state index contributed by atoms with van der Waals surface area (Å²) in [6.07, 6.45) is -2.25. The van der Waals surface area contributed by atoms with Crippen LogP contribution in [-0.4, -0.2) is 17.7 Å². The van der Waals surface area contributed by atoms with Crippen LogP contribution in [0.15, 0.2) is 29.3 Å². The SMILES string of the molecule is NC(=O)c1cc(N2C(=O)C3=C(CCCC3)C2=O)ccc1C(F)(F)F. The number of rotatable bonds is 2. The van der Waals surface area contributed by atoms with Gasteiger partial charge in [-0.1, -0.05) is 0 Å². The average molecular weight is 338 g/mol. The number of anilines is 1. The molecule has 126 valence electrons. The zero-order valence-corrected chi connectivity index (χ0v) is 12.4. The molecule has 1 aliphatic heterocycles. The van der Waals surface area contributed by atoms with Gasteiger partial charge in [-0.05, 0) is 43.9 Å². The van der Waals surface area contributed by atoms with Gasteiger partial charge in [0.05, 0.1) is 16.8 Å². The summed E-state index contributed by atoms with van der Waals surface area (Å²) >= 11 is 0. The predicted octanol–water partition coefficient (Wildman–Crippen LogP) is 2.55. The van der Waals surface area contributed by atoms with Crippen LogP contribution in [0.2, 0.25) is 0 Å². The van der Waals surface area contributed by atoms with Crippen molar-refractivity contribution in [3.8, 4) is 0 Å². The lowest BCUT2D eigenvalue weighted by atomic mass is 9.93. The van der Waals surface area contributed by atoms with Crippen LogP contribution in [0.25, 0.3) is 0 Å². The molecule has 0 fully saturated rings. The summed E-state index contributed by atoms with van der Waals surface area (Å²) in [6, 6.07) is 2.51. The number of nitrogens with zero attached hydrogens (tertiary/aromatic N) is 1. The minimum absolute atomic E-state index is 0.0822. The first kappa shape index (κ1) is 16.2. The lowest BCUT2D eigenvalue weighted by Crippen LogP contribution is -2.32. The Morgan fingerprint density at radius 1 is 1.04 bits per heavy atom. The zero-order valence-electron chi connectivity index (χ0n) is 12.4. The molecule has 1 aromatic carbocycles. The standard InChI is InChI=1S/C16H13F3N2O3/c17-16(18,19)12-6-5-8(7-11(12)13(20)22)21-14(23)9-3-1-2-4-10(9)15(21)24/h5-7H,1-4H2,(H2,20,22). The van der Waals surface area contributed by atoms with Crippen LogP contribution < -0.4 is 10.6 Å².